The molecule has 1 aliphatic rings. The van der Waals surface area contributed by atoms with Crippen molar-refractivity contribution in [3.63, 3.8) is 0 Å². The summed E-state index contributed by atoms with van der Waals surface area (Å²) in [7, 11) is 0. The Hall–Kier alpha value is -1.09. The van der Waals surface area contributed by atoms with Crippen LogP contribution < -0.4 is 5.32 Å². The van der Waals surface area contributed by atoms with Gasteiger partial charge in [0.1, 0.15) is 6.17 Å². The second kappa shape index (κ2) is 6.90. The zero-order valence-electron chi connectivity index (χ0n) is 12.2. The van der Waals surface area contributed by atoms with Crippen LogP contribution in [0.4, 0.5) is 0 Å². The van der Waals surface area contributed by atoms with Crippen molar-refractivity contribution in [1.82, 2.24) is 5.32 Å². The van der Waals surface area contributed by atoms with Gasteiger partial charge in [0.05, 0.1) is 10.6 Å². The molecule has 0 bridgehead atoms. The molecule has 0 radical (unpaired) electrons. The van der Waals surface area contributed by atoms with E-state index in [-0.39, 0.29) is 6.17 Å². The largest absolute Gasteiger partial charge is 0.368 e. The van der Waals surface area contributed by atoms with E-state index in [4.69, 9.17) is 4.99 Å². The van der Waals surface area contributed by atoms with Gasteiger partial charge in [0.25, 0.3) is 0 Å². The molecule has 0 saturated carbocycles. The molecule has 0 fully saturated rings. The molecule has 0 amide bonds. The van der Waals surface area contributed by atoms with Gasteiger partial charge < -0.3 is 5.32 Å². The third-order valence-electron chi connectivity index (χ3n) is 3.40. The first-order valence-electron chi connectivity index (χ1n) is 7.30. The first-order chi connectivity index (χ1) is 9.20. The zero-order valence-corrected chi connectivity index (χ0v) is 13.0. The molecule has 0 saturated heterocycles. The van der Waals surface area contributed by atoms with Crippen LogP contribution in [0.2, 0.25) is 0 Å². The normalized spacial score (nSPS) is 18.8. The lowest BCUT2D eigenvalue weighted by Crippen LogP contribution is -2.28. The van der Waals surface area contributed by atoms with Gasteiger partial charge in [0.15, 0.2) is 0 Å². The highest BCUT2D eigenvalue weighted by atomic mass is 32.1. The van der Waals surface area contributed by atoms with Crippen LogP contribution in [0, 0.1) is 0 Å². The summed E-state index contributed by atoms with van der Waals surface area (Å²) in [4.78, 5) is 6.08. The van der Waals surface area contributed by atoms with Gasteiger partial charge in [-0.2, -0.15) is 0 Å². The molecule has 2 nitrogen and oxygen atoms in total. The molecular weight excluding hydrogens is 252 g/mol. The van der Waals surface area contributed by atoms with Crippen molar-refractivity contribution < 1.29 is 0 Å². The Morgan fingerprint density at radius 1 is 1.32 bits per heavy atom. The third kappa shape index (κ3) is 3.93. The summed E-state index contributed by atoms with van der Waals surface area (Å²) in [6.07, 6.45) is 8.82. The van der Waals surface area contributed by atoms with Gasteiger partial charge in [-0.05, 0) is 49.8 Å². The van der Waals surface area contributed by atoms with Gasteiger partial charge in [-0.15, -0.1) is 11.3 Å². The number of nitrogens with zero attached hydrogens (tertiary/aromatic N) is 1. The van der Waals surface area contributed by atoms with Crippen LogP contribution in [-0.4, -0.2) is 11.9 Å². The van der Waals surface area contributed by atoms with Crippen LogP contribution in [0.25, 0.3) is 0 Å². The number of nitrogens with one attached hydrogen (secondary N) is 1. The second-order valence-corrected chi connectivity index (χ2v) is 6.16. The third-order valence-corrected chi connectivity index (χ3v) is 4.38. The Morgan fingerprint density at radius 2 is 2.16 bits per heavy atom. The first kappa shape index (κ1) is 14.3. The number of hydrogen-bond acceptors (Lipinski definition) is 3. The van der Waals surface area contributed by atoms with Gasteiger partial charge >= 0.3 is 0 Å². The maximum Gasteiger partial charge on any atom is 0.116 e. The lowest BCUT2D eigenvalue weighted by Gasteiger charge is -2.18. The Labute approximate surface area is 120 Å². The highest BCUT2D eigenvalue weighted by Gasteiger charge is 2.14. The molecule has 2 rings (SSSR count). The molecule has 2 heterocycles. The van der Waals surface area contributed by atoms with Crippen molar-refractivity contribution in [2.45, 2.75) is 59.0 Å². The minimum atomic E-state index is 0.190. The minimum absolute atomic E-state index is 0.190. The molecule has 1 aromatic heterocycles. The SMILES string of the molecule is CCCCCCc1ccsc1C1=NC(C)NC(C)=C1. The molecule has 19 heavy (non-hydrogen) atoms. The fraction of sp³-hybridized carbons (Fsp3) is 0.562. The summed E-state index contributed by atoms with van der Waals surface area (Å²) in [6.45, 7) is 6.47. The number of thiophene rings is 1. The smallest absolute Gasteiger partial charge is 0.116 e. The van der Waals surface area contributed by atoms with Gasteiger partial charge in [0.2, 0.25) is 0 Å². The summed E-state index contributed by atoms with van der Waals surface area (Å²) in [5, 5.41) is 5.53. The average molecular weight is 276 g/mol. The van der Waals surface area contributed by atoms with Gasteiger partial charge in [0, 0.05) is 5.70 Å². The Morgan fingerprint density at radius 3 is 2.89 bits per heavy atom. The predicted octanol–water partition coefficient (Wildman–Crippen LogP) is 4.51. The van der Waals surface area contributed by atoms with Gasteiger partial charge in [-0.3, -0.25) is 4.99 Å². The van der Waals surface area contributed by atoms with E-state index in [1.54, 1.807) is 0 Å². The molecule has 1 aliphatic heterocycles. The van der Waals surface area contributed by atoms with E-state index >= 15 is 0 Å². The molecular formula is C16H24N2S. The molecule has 0 aromatic carbocycles. The highest BCUT2D eigenvalue weighted by Crippen LogP contribution is 2.23. The number of hydrogen-bond donors (Lipinski definition) is 1. The summed E-state index contributed by atoms with van der Waals surface area (Å²) in [5.41, 5.74) is 3.84. The summed E-state index contributed by atoms with van der Waals surface area (Å²) in [5.74, 6) is 0. The van der Waals surface area contributed by atoms with Crippen molar-refractivity contribution >= 4 is 17.0 Å². The summed E-state index contributed by atoms with van der Waals surface area (Å²) >= 11 is 1.82. The lowest BCUT2D eigenvalue weighted by atomic mass is 10.0. The van der Waals surface area contributed by atoms with Crippen molar-refractivity contribution in [1.29, 1.82) is 0 Å². The van der Waals surface area contributed by atoms with E-state index in [9.17, 15) is 0 Å². The Balaban J connectivity index is 2.07. The molecule has 3 heteroatoms. The zero-order chi connectivity index (χ0) is 13.7. The monoisotopic (exact) mass is 276 g/mol. The van der Waals surface area contributed by atoms with Crippen molar-refractivity contribution in [2.24, 2.45) is 4.99 Å². The molecule has 1 atom stereocenters. The van der Waals surface area contributed by atoms with Crippen LogP contribution in [0.5, 0.6) is 0 Å². The van der Waals surface area contributed by atoms with Crippen molar-refractivity contribution in [2.75, 3.05) is 0 Å². The quantitative estimate of drug-likeness (QED) is 0.759. The Kier molecular flexibility index (Phi) is 5.20. The van der Waals surface area contributed by atoms with Crippen LogP contribution >= 0.6 is 11.3 Å². The number of unbranched alkanes of at least 4 members (excludes halogenated alkanes) is 3. The molecule has 104 valence electrons. The molecule has 1 N–H and O–H groups in total. The number of allylic oxidation sites excluding steroid dienone is 2. The molecule has 1 aromatic rings. The number of aliphatic imine (C=N–C) groups is 1. The first-order valence-corrected chi connectivity index (χ1v) is 8.18. The van der Waals surface area contributed by atoms with E-state index < -0.39 is 0 Å². The summed E-state index contributed by atoms with van der Waals surface area (Å²) < 4.78 is 0. The fourth-order valence-electron chi connectivity index (χ4n) is 2.48. The van der Waals surface area contributed by atoms with Crippen molar-refractivity contribution in [3.05, 3.63) is 33.7 Å². The number of rotatable bonds is 6. The maximum absolute atomic E-state index is 4.72. The topological polar surface area (TPSA) is 24.4 Å². The van der Waals surface area contributed by atoms with E-state index in [1.165, 1.54) is 48.2 Å². The van der Waals surface area contributed by atoms with E-state index in [1.807, 2.05) is 11.3 Å². The van der Waals surface area contributed by atoms with Crippen LogP contribution in [-0.2, 0) is 6.42 Å². The predicted molar refractivity (Wildman–Crippen MR) is 85.1 cm³/mol. The maximum atomic E-state index is 4.72. The minimum Gasteiger partial charge on any atom is -0.368 e. The second-order valence-electron chi connectivity index (χ2n) is 5.25. The average Bonchev–Trinajstić information content (AvgIpc) is 2.82. The molecule has 1 unspecified atom stereocenters. The lowest BCUT2D eigenvalue weighted by molar-refractivity contribution is 0.635. The van der Waals surface area contributed by atoms with E-state index in [0.717, 1.165) is 5.71 Å². The number of aryl methyl sites for hydroxylation is 1. The molecule has 0 aliphatic carbocycles. The van der Waals surface area contributed by atoms with Crippen LogP contribution in [0.15, 0.2) is 28.2 Å². The van der Waals surface area contributed by atoms with Crippen LogP contribution in [0.3, 0.4) is 0 Å². The molecule has 0 spiro atoms. The fourth-order valence-corrected chi connectivity index (χ4v) is 3.40. The Bertz CT molecular complexity index is 471. The van der Waals surface area contributed by atoms with E-state index in [2.05, 4.69) is 43.6 Å². The van der Waals surface area contributed by atoms with Gasteiger partial charge in [-0.25, -0.2) is 0 Å². The highest BCUT2D eigenvalue weighted by molar-refractivity contribution is 7.12. The van der Waals surface area contributed by atoms with Gasteiger partial charge in [-0.1, -0.05) is 26.2 Å². The van der Waals surface area contributed by atoms with E-state index in [0.29, 0.717) is 0 Å². The van der Waals surface area contributed by atoms with Crippen molar-refractivity contribution in [3.8, 4) is 0 Å². The summed E-state index contributed by atoms with van der Waals surface area (Å²) in [6, 6.07) is 2.27. The van der Waals surface area contributed by atoms with Crippen LogP contribution in [0.1, 0.15) is 56.9 Å². The standard InChI is InChI=1S/C16H24N2S/c1-4-5-6-7-8-14-9-10-19-16(14)15-11-12(2)17-13(3)18-15/h9-11,13,17H,4-8H2,1-3H3.